The van der Waals surface area contributed by atoms with Gasteiger partial charge in [0.25, 0.3) is 0 Å². The van der Waals surface area contributed by atoms with Gasteiger partial charge in [0, 0.05) is 11.1 Å². The minimum absolute atomic E-state index is 0.0845. The molecule has 1 heterocycles. The lowest BCUT2D eigenvalue weighted by Crippen LogP contribution is -2.59. The first kappa shape index (κ1) is 13.3. The van der Waals surface area contributed by atoms with E-state index in [0.29, 0.717) is 0 Å². The maximum atomic E-state index is 9.54. The molecule has 0 spiro atoms. The Labute approximate surface area is 84.4 Å². The van der Waals surface area contributed by atoms with Crippen LogP contribution in [0.3, 0.4) is 0 Å². The Bertz CT molecular complexity index is 176. The van der Waals surface area contributed by atoms with Crippen molar-refractivity contribution in [2.75, 3.05) is 0 Å². The third kappa shape index (κ3) is 5.14. The number of hydrogen-bond acceptors (Lipinski definition) is 4. The Morgan fingerprint density at radius 2 is 1.50 bits per heavy atom. The molecule has 0 aromatic heterocycles. The van der Waals surface area contributed by atoms with Crippen LogP contribution in [0.15, 0.2) is 5.34 Å². The summed E-state index contributed by atoms with van der Waals surface area (Å²) in [7, 11) is 0. The largest absolute Gasteiger partial charge is 0.393 e. The number of hydrogen-bond donors (Lipinski definition) is 3. The normalized spacial score (nSPS) is 24.6. The van der Waals surface area contributed by atoms with E-state index in [1.807, 2.05) is 0 Å². The Hall–Kier alpha value is -0.680. The Morgan fingerprint density at radius 1 is 1.21 bits per heavy atom. The highest BCUT2D eigenvalue weighted by Crippen LogP contribution is 2.27. The van der Waals surface area contributed by atoms with E-state index < -0.39 is 0 Å². The molecule has 0 aromatic carbocycles. The minimum atomic E-state index is -0.138. The number of nitrogens with one attached hydrogen (secondary N) is 1. The van der Waals surface area contributed by atoms with Gasteiger partial charge in [0.1, 0.15) is 0 Å². The van der Waals surface area contributed by atoms with Gasteiger partial charge in [-0.05, 0) is 40.5 Å². The van der Waals surface area contributed by atoms with Crippen LogP contribution in [0.2, 0.25) is 0 Å². The molecule has 0 radical (unpaired) electrons. The molecule has 0 bridgehead atoms. The summed E-state index contributed by atoms with van der Waals surface area (Å²) >= 11 is 0. The van der Waals surface area contributed by atoms with Gasteiger partial charge in [0.05, 0.1) is 6.10 Å². The second kappa shape index (κ2) is 4.70. The van der Waals surface area contributed by atoms with Crippen LogP contribution in [0.5, 0.6) is 0 Å². The van der Waals surface area contributed by atoms with Crippen LogP contribution in [0, 0.1) is 4.91 Å². The molecule has 84 valence electrons. The quantitative estimate of drug-likeness (QED) is 0.412. The smallest absolute Gasteiger partial charge is 0.152 e. The molecule has 0 atom stereocenters. The predicted molar refractivity (Wildman–Crippen MR) is 54.1 cm³/mol. The summed E-state index contributed by atoms with van der Waals surface area (Å²) in [5, 5.41) is 20.9. The van der Waals surface area contributed by atoms with Crippen molar-refractivity contribution in [3.8, 4) is 0 Å². The molecule has 3 N–H and O–H groups in total. The van der Waals surface area contributed by atoms with Gasteiger partial charge in [0.15, 0.2) is 5.34 Å². The van der Waals surface area contributed by atoms with Gasteiger partial charge in [-0.2, -0.15) is 0 Å². The number of aliphatic hydroxyl groups excluding tert-OH is 1. The number of rotatable bonds is 0. The molecule has 1 rings (SSSR count). The molecule has 0 amide bonds. The van der Waals surface area contributed by atoms with E-state index in [1.54, 1.807) is 0 Å². The van der Waals surface area contributed by atoms with Crippen molar-refractivity contribution in [1.29, 1.82) is 0 Å². The zero-order valence-corrected chi connectivity index (χ0v) is 9.24. The molecule has 1 saturated heterocycles. The highest BCUT2D eigenvalue weighted by molar-refractivity contribution is 4.96. The lowest BCUT2D eigenvalue weighted by molar-refractivity contribution is 0.0396. The third-order valence-electron chi connectivity index (χ3n) is 2.17. The zero-order valence-electron chi connectivity index (χ0n) is 9.24. The zero-order chi connectivity index (χ0) is 11.4. The van der Waals surface area contributed by atoms with Gasteiger partial charge < -0.3 is 15.6 Å². The first-order valence-electron chi connectivity index (χ1n) is 4.66. The molecule has 1 fully saturated rings. The van der Waals surface area contributed by atoms with E-state index in [9.17, 15) is 5.11 Å². The van der Waals surface area contributed by atoms with E-state index in [4.69, 9.17) is 10.1 Å². The van der Waals surface area contributed by atoms with E-state index in [2.05, 4.69) is 33.0 Å². The van der Waals surface area contributed by atoms with Crippen molar-refractivity contribution in [1.82, 2.24) is 5.32 Å². The number of aliphatic hydroxyl groups is 1. The van der Waals surface area contributed by atoms with Gasteiger partial charge in [-0.1, -0.05) is 0 Å². The average molecular weight is 204 g/mol. The molecule has 5 nitrogen and oxygen atoms in total. The van der Waals surface area contributed by atoms with Crippen LogP contribution in [-0.4, -0.2) is 27.5 Å². The fraction of sp³-hybridized carbons (Fsp3) is 1.00. The summed E-state index contributed by atoms with van der Waals surface area (Å²) in [5.74, 6) is 0. The topological polar surface area (TPSA) is 81.9 Å². The molecule has 0 aromatic rings. The fourth-order valence-electron chi connectivity index (χ4n) is 2.27. The maximum absolute atomic E-state index is 9.54. The van der Waals surface area contributed by atoms with Crippen molar-refractivity contribution >= 4 is 0 Å². The molecule has 0 unspecified atom stereocenters. The summed E-state index contributed by atoms with van der Waals surface area (Å²) in [5.41, 5.74) is 0.169. The summed E-state index contributed by atoms with van der Waals surface area (Å²) in [6.07, 6.45) is 1.58. The van der Waals surface area contributed by atoms with Crippen molar-refractivity contribution in [2.45, 2.75) is 57.7 Å². The van der Waals surface area contributed by atoms with Crippen LogP contribution in [0.1, 0.15) is 40.5 Å². The number of nitrogens with zero attached hydrogens (tertiary/aromatic N) is 1. The van der Waals surface area contributed by atoms with E-state index in [0.717, 1.165) is 12.8 Å². The van der Waals surface area contributed by atoms with Gasteiger partial charge in [-0.25, -0.2) is 0 Å². The molecule has 0 saturated carbocycles. The van der Waals surface area contributed by atoms with Crippen LogP contribution in [-0.2, 0) is 0 Å². The minimum Gasteiger partial charge on any atom is -0.393 e. The van der Waals surface area contributed by atoms with Crippen LogP contribution < -0.4 is 5.32 Å². The highest BCUT2D eigenvalue weighted by atomic mass is 16.6. The van der Waals surface area contributed by atoms with Crippen molar-refractivity contribution in [2.24, 2.45) is 5.34 Å². The molecule has 1 aliphatic heterocycles. The summed E-state index contributed by atoms with van der Waals surface area (Å²) < 4.78 is 0. The Kier molecular flexibility index (Phi) is 4.48. The van der Waals surface area contributed by atoms with Gasteiger partial charge >= 0.3 is 0 Å². The standard InChI is InChI=1S/C9H19NO.HNO2/c1-8(2)5-7(11)6-9(3,4)10-8;2-1-3/h7,10-11H,5-6H2,1-4H3;(H,2,3). The summed E-state index contributed by atoms with van der Waals surface area (Å²) in [6, 6.07) is 0. The third-order valence-corrected chi connectivity index (χ3v) is 2.17. The van der Waals surface area contributed by atoms with Gasteiger partial charge in [-0.3, -0.25) is 0 Å². The van der Waals surface area contributed by atoms with E-state index >= 15 is 0 Å². The SMILES string of the molecule is CC1(C)CC(O)CC(C)(C)N1.O=NO. The molecule has 0 aliphatic carbocycles. The van der Waals surface area contributed by atoms with Crippen molar-refractivity contribution < 1.29 is 10.3 Å². The van der Waals surface area contributed by atoms with Crippen LogP contribution >= 0.6 is 0 Å². The van der Waals surface area contributed by atoms with Crippen molar-refractivity contribution in [3.63, 3.8) is 0 Å². The molecule has 14 heavy (non-hydrogen) atoms. The molecule has 1 aliphatic rings. The van der Waals surface area contributed by atoms with Crippen LogP contribution in [0.25, 0.3) is 0 Å². The number of piperidine rings is 1. The lowest BCUT2D eigenvalue weighted by atomic mass is 9.81. The first-order valence-corrected chi connectivity index (χ1v) is 4.66. The molecular formula is C9H20N2O3. The van der Waals surface area contributed by atoms with Gasteiger partial charge in [-0.15, -0.1) is 4.91 Å². The monoisotopic (exact) mass is 204 g/mol. The Morgan fingerprint density at radius 3 is 1.71 bits per heavy atom. The lowest BCUT2D eigenvalue weighted by Gasteiger charge is -2.44. The predicted octanol–water partition coefficient (Wildman–Crippen LogP) is 1.43. The molecule has 5 heteroatoms. The second-order valence-electron chi connectivity index (χ2n) is 5.04. The van der Waals surface area contributed by atoms with E-state index in [-0.39, 0.29) is 17.2 Å². The van der Waals surface area contributed by atoms with E-state index in [1.165, 1.54) is 5.34 Å². The average Bonchev–Trinajstić information content (AvgIpc) is 1.77. The summed E-state index contributed by atoms with van der Waals surface area (Å²) in [4.78, 5) is 8.11. The fourth-order valence-corrected chi connectivity index (χ4v) is 2.27. The second-order valence-corrected chi connectivity index (χ2v) is 5.04. The first-order chi connectivity index (χ1) is 6.22. The molecular weight excluding hydrogens is 184 g/mol. The maximum Gasteiger partial charge on any atom is 0.152 e. The Balaban J connectivity index is 0.000000500. The van der Waals surface area contributed by atoms with Crippen molar-refractivity contribution in [3.05, 3.63) is 4.91 Å². The summed E-state index contributed by atoms with van der Waals surface area (Å²) in [6.45, 7) is 8.54. The highest BCUT2D eigenvalue weighted by Gasteiger charge is 2.36. The van der Waals surface area contributed by atoms with Crippen LogP contribution in [0.4, 0.5) is 0 Å². The van der Waals surface area contributed by atoms with Gasteiger partial charge in [0.2, 0.25) is 0 Å².